The van der Waals surface area contributed by atoms with Crippen molar-refractivity contribution in [3.63, 3.8) is 0 Å². The second-order valence-electron chi connectivity index (χ2n) is 2.99. The molecule has 0 aromatic heterocycles. The van der Waals surface area contributed by atoms with Crippen molar-refractivity contribution in [1.82, 2.24) is 0 Å². The standard InChI is InChI=1S/C10H11ClINO2/c1-6(15-2)10(14)13-9-5-7(11)3-4-8(9)12/h3-6H,1-2H3,(H,13,14). The van der Waals surface area contributed by atoms with Gasteiger partial charge >= 0.3 is 0 Å². The normalized spacial score (nSPS) is 12.3. The van der Waals surface area contributed by atoms with E-state index in [1.807, 2.05) is 6.07 Å². The molecule has 5 heteroatoms. The zero-order valence-electron chi connectivity index (χ0n) is 8.38. The molecule has 1 rings (SSSR count). The Morgan fingerprint density at radius 1 is 1.60 bits per heavy atom. The van der Waals surface area contributed by atoms with Crippen LogP contribution in [0.15, 0.2) is 18.2 Å². The number of benzene rings is 1. The van der Waals surface area contributed by atoms with Crippen LogP contribution in [-0.2, 0) is 9.53 Å². The molecule has 0 heterocycles. The van der Waals surface area contributed by atoms with Crippen LogP contribution < -0.4 is 5.32 Å². The van der Waals surface area contributed by atoms with E-state index in [0.717, 1.165) is 3.57 Å². The van der Waals surface area contributed by atoms with Crippen molar-refractivity contribution < 1.29 is 9.53 Å². The Hall–Kier alpha value is -0.330. The Morgan fingerprint density at radius 3 is 2.87 bits per heavy atom. The molecule has 1 aromatic carbocycles. The molecule has 0 saturated heterocycles. The van der Waals surface area contributed by atoms with E-state index in [2.05, 4.69) is 27.9 Å². The van der Waals surface area contributed by atoms with Crippen molar-refractivity contribution in [2.75, 3.05) is 12.4 Å². The highest BCUT2D eigenvalue weighted by molar-refractivity contribution is 14.1. The summed E-state index contributed by atoms with van der Waals surface area (Å²) in [7, 11) is 1.49. The number of rotatable bonds is 3. The van der Waals surface area contributed by atoms with Crippen LogP contribution in [-0.4, -0.2) is 19.1 Å². The van der Waals surface area contributed by atoms with Gasteiger partial charge in [0.15, 0.2) is 0 Å². The molecule has 0 spiro atoms. The first-order chi connectivity index (χ1) is 7.04. The Kier molecular flexibility index (Phi) is 4.82. The smallest absolute Gasteiger partial charge is 0.253 e. The van der Waals surface area contributed by atoms with Gasteiger partial charge in [0.1, 0.15) is 6.10 Å². The maximum absolute atomic E-state index is 11.5. The van der Waals surface area contributed by atoms with Gasteiger partial charge < -0.3 is 10.1 Å². The molecule has 1 N–H and O–H groups in total. The number of hydrogen-bond donors (Lipinski definition) is 1. The average Bonchev–Trinajstić information content (AvgIpc) is 2.22. The molecule has 0 bridgehead atoms. The van der Waals surface area contributed by atoms with E-state index in [4.69, 9.17) is 16.3 Å². The van der Waals surface area contributed by atoms with Crippen molar-refractivity contribution in [2.24, 2.45) is 0 Å². The van der Waals surface area contributed by atoms with E-state index in [1.54, 1.807) is 19.1 Å². The Balaban J connectivity index is 2.80. The first kappa shape index (κ1) is 12.7. The lowest BCUT2D eigenvalue weighted by Gasteiger charge is -2.11. The van der Waals surface area contributed by atoms with Crippen molar-refractivity contribution >= 4 is 45.8 Å². The molecule has 1 amide bonds. The van der Waals surface area contributed by atoms with Gasteiger partial charge in [-0.25, -0.2) is 0 Å². The summed E-state index contributed by atoms with van der Waals surface area (Å²) in [4.78, 5) is 11.5. The summed E-state index contributed by atoms with van der Waals surface area (Å²) >= 11 is 7.96. The van der Waals surface area contributed by atoms with Crippen molar-refractivity contribution in [3.8, 4) is 0 Å². The minimum absolute atomic E-state index is 0.183. The number of amides is 1. The van der Waals surface area contributed by atoms with Gasteiger partial charge in [0, 0.05) is 15.7 Å². The summed E-state index contributed by atoms with van der Waals surface area (Å²) in [5.41, 5.74) is 0.706. The van der Waals surface area contributed by atoms with Crippen molar-refractivity contribution in [2.45, 2.75) is 13.0 Å². The predicted molar refractivity (Wildman–Crippen MR) is 69.3 cm³/mol. The highest BCUT2D eigenvalue weighted by atomic mass is 127. The molecule has 0 aliphatic rings. The third-order valence-corrected chi connectivity index (χ3v) is 3.08. The van der Waals surface area contributed by atoms with E-state index in [9.17, 15) is 4.79 Å². The Labute approximate surface area is 107 Å². The lowest BCUT2D eigenvalue weighted by Crippen LogP contribution is -2.26. The molecular formula is C10H11ClINO2. The summed E-state index contributed by atoms with van der Waals surface area (Å²) in [5.74, 6) is -0.183. The number of halogens is 2. The largest absolute Gasteiger partial charge is 0.372 e. The van der Waals surface area contributed by atoms with Crippen LogP contribution in [0.2, 0.25) is 5.02 Å². The first-order valence-corrected chi connectivity index (χ1v) is 5.79. The lowest BCUT2D eigenvalue weighted by atomic mass is 10.3. The second-order valence-corrected chi connectivity index (χ2v) is 4.59. The van der Waals surface area contributed by atoms with Gasteiger partial charge in [0.2, 0.25) is 0 Å². The first-order valence-electron chi connectivity index (χ1n) is 4.33. The number of methoxy groups -OCH3 is 1. The van der Waals surface area contributed by atoms with Gasteiger partial charge in [-0.3, -0.25) is 4.79 Å². The third kappa shape index (κ3) is 3.62. The lowest BCUT2D eigenvalue weighted by molar-refractivity contribution is -0.124. The van der Waals surface area contributed by atoms with Crippen LogP contribution in [0.3, 0.4) is 0 Å². The fourth-order valence-electron chi connectivity index (χ4n) is 0.935. The topological polar surface area (TPSA) is 38.3 Å². The minimum Gasteiger partial charge on any atom is -0.372 e. The van der Waals surface area contributed by atoms with Gasteiger partial charge in [0.25, 0.3) is 5.91 Å². The molecule has 82 valence electrons. The van der Waals surface area contributed by atoms with Crippen LogP contribution >= 0.6 is 34.2 Å². The summed E-state index contributed by atoms with van der Waals surface area (Å²) in [6, 6.07) is 5.33. The number of carbonyl (C=O) groups is 1. The number of anilines is 1. The molecule has 0 aliphatic heterocycles. The van der Waals surface area contributed by atoms with Crippen LogP contribution in [0, 0.1) is 3.57 Å². The van der Waals surface area contributed by atoms with E-state index in [-0.39, 0.29) is 5.91 Å². The SMILES string of the molecule is COC(C)C(=O)Nc1cc(Cl)ccc1I. The zero-order chi connectivity index (χ0) is 11.4. The Bertz CT molecular complexity index is 370. The van der Waals surface area contributed by atoms with Gasteiger partial charge in [-0.15, -0.1) is 0 Å². The molecule has 1 atom stereocenters. The number of carbonyl (C=O) groups excluding carboxylic acids is 1. The maximum Gasteiger partial charge on any atom is 0.253 e. The quantitative estimate of drug-likeness (QED) is 0.860. The summed E-state index contributed by atoms with van der Waals surface area (Å²) in [6.45, 7) is 1.69. The molecule has 1 aromatic rings. The van der Waals surface area contributed by atoms with Crippen LogP contribution in [0.1, 0.15) is 6.92 Å². The summed E-state index contributed by atoms with van der Waals surface area (Å²) in [5, 5.41) is 3.34. The summed E-state index contributed by atoms with van der Waals surface area (Å²) < 4.78 is 5.85. The molecule has 0 aliphatic carbocycles. The monoisotopic (exact) mass is 339 g/mol. The average molecular weight is 340 g/mol. The third-order valence-electron chi connectivity index (χ3n) is 1.91. The van der Waals surface area contributed by atoms with Gasteiger partial charge in [-0.2, -0.15) is 0 Å². The van der Waals surface area contributed by atoms with E-state index < -0.39 is 6.10 Å². The summed E-state index contributed by atoms with van der Waals surface area (Å²) in [6.07, 6.45) is -0.472. The van der Waals surface area contributed by atoms with Gasteiger partial charge in [0.05, 0.1) is 5.69 Å². The van der Waals surface area contributed by atoms with Crippen molar-refractivity contribution in [1.29, 1.82) is 0 Å². The maximum atomic E-state index is 11.5. The van der Waals surface area contributed by atoms with Gasteiger partial charge in [-0.1, -0.05) is 11.6 Å². The van der Waals surface area contributed by atoms with E-state index in [1.165, 1.54) is 7.11 Å². The molecule has 0 saturated carbocycles. The van der Waals surface area contributed by atoms with E-state index in [0.29, 0.717) is 10.7 Å². The fourth-order valence-corrected chi connectivity index (χ4v) is 1.58. The van der Waals surface area contributed by atoms with Crippen LogP contribution in [0.25, 0.3) is 0 Å². The minimum atomic E-state index is -0.472. The predicted octanol–water partition coefficient (Wildman–Crippen LogP) is 2.92. The van der Waals surface area contributed by atoms with Gasteiger partial charge in [-0.05, 0) is 47.7 Å². The fraction of sp³-hybridized carbons (Fsp3) is 0.300. The molecule has 1 unspecified atom stereocenters. The van der Waals surface area contributed by atoms with Crippen LogP contribution in [0.4, 0.5) is 5.69 Å². The second kappa shape index (κ2) is 5.67. The molecule has 0 fully saturated rings. The van der Waals surface area contributed by atoms with E-state index >= 15 is 0 Å². The van der Waals surface area contributed by atoms with Crippen molar-refractivity contribution in [3.05, 3.63) is 26.8 Å². The Morgan fingerprint density at radius 2 is 2.27 bits per heavy atom. The molecule has 3 nitrogen and oxygen atoms in total. The number of ether oxygens (including phenoxy) is 1. The highest BCUT2D eigenvalue weighted by Crippen LogP contribution is 2.22. The highest BCUT2D eigenvalue weighted by Gasteiger charge is 2.12. The molecule has 0 radical (unpaired) electrons. The molecule has 15 heavy (non-hydrogen) atoms. The molecular weight excluding hydrogens is 328 g/mol. The number of nitrogens with one attached hydrogen (secondary N) is 1. The zero-order valence-corrected chi connectivity index (χ0v) is 11.3. The number of hydrogen-bond acceptors (Lipinski definition) is 2. The van der Waals surface area contributed by atoms with Crippen LogP contribution in [0.5, 0.6) is 0 Å².